The summed E-state index contributed by atoms with van der Waals surface area (Å²) in [7, 11) is 3.57. The van der Waals surface area contributed by atoms with Gasteiger partial charge in [0.15, 0.2) is 0 Å². The van der Waals surface area contributed by atoms with E-state index in [-0.39, 0.29) is 5.41 Å². The van der Waals surface area contributed by atoms with Crippen LogP contribution in [0.25, 0.3) is 0 Å². The molecule has 0 saturated heterocycles. The first kappa shape index (κ1) is 19.4. The maximum atomic E-state index is 11.7. The van der Waals surface area contributed by atoms with E-state index in [1.165, 1.54) is 0 Å². The third-order valence-corrected chi connectivity index (χ3v) is 6.01. The lowest BCUT2D eigenvalue weighted by atomic mass is 9.84. The van der Waals surface area contributed by atoms with E-state index in [1.54, 1.807) is 18.9 Å². The Hall–Kier alpha value is -0.680. The molecule has 0 bridgehead atoms. The number of halogens is 1. The number of carbonyl (C=O) groups is 1. The van der Waals surface area contributed by atoms with Crippen LogP contribution in [0.2, 0.25) is 0 Å². The van der Waals surface area contributed by atoms with Crippen LogP contribution in [0.4, 0.5) is 5.69 Å². The van der Waals surface area contributed by atoms with E-state index in [0.717, 1.165) is 58.5 Å². The van der Waals surface area contributed by atoms with Crippen LogP contribution in [0, 0.1) is 5.41 Å². The molecule has 0 aromatic heterocycles. The van der Waals surface area contributed by atoms with Gasteiger partial charge < -0.3 is 14.8 Å². The average Bonchev–Trinajstić information content (AvgIpc) is 2.56. The molecule has 0 aliphatic rings. The quantitative estimate of drug-likeness (QED) is 0.432. The molecule has 0 radical (unpaired) electrons. The maximum Gasteiger partial charge on any atom is 0.134 e. The lowest BCUT2D eigenvalue weighted by Gasteiger charge is -2.26. The van der Waals surface area contributed by atoms with Gasteiger partial charge in [0.25, 0.3) is 0 Å². The fourth-order valence-electron chi connectivity index (χ4n) is 2.28. The zero-order valence-electron chi connectivity index (χ0n) is 13.9. The number of unbranched alkanes of at least 4 members (excludes halogenated alkanes) is 1. The smallest absolute Gasteiger partial charge is 0.134 e. The molecule has 1 unspecified atom stereocenters. The Labute approximate surface area is 146 Å². The van der Waals surface area contributed by atoms with Crippen molar-refractivity contribution >= 4 is 39.7 Å². The minimum atomic E-state index is -0.230. The molecular weight excluding hydrogens is 362 g/mol. The minimum Gasteiger partial charge on any atom is -0.496 e. The van der Waals surface area contributed by atoms with Crippen LogP contribution in [0.5, 0.6) is 5.75 Å². The number of rotatable bonds is 10. The van der Waals surface area contributed by atoms with Gasteiger partial charge >= 0.3 is 0 Å². The first-order chi connectivity index (χ1) is 10.6. The topological polar surface area (TPSA) is 38.3 Å². The third-order valence-electron chi connectivity index (χ3n) is 4.02. The van der Waals surface area contributed by atoms with Crippen LogP contribution >= 0.6 is 27.7 Å². The number of hydrogen-bond donors (Lipinski definition) is 1. The lowest BCUT2D eigenvalue weighted by Crippen LogP contribution is -2.24. The van der Waals surface area contributed by atoms with Crippen molar-refractivity contribution in [3.63, 3.8) is 0 Å². The van der Waals surface area contributed by atoms with E-state index in [9.17, 15) is 4.79 Å². The molecule has 0 heterocycles. The fraction of sp³-hybridized carbons (Fsp3) is 0.588. The predicted molar refractivity (Wildman–Crippen MR) is 99.3 cm³/mol. The molecule has 0 amide bonds. The van der Waals surface area contributed by atoms with Crippen molar-refractivity contribution in [3.8, 4) is 5.75 Å². The van der Waals surface area contributed by atoms with Gasteiger partial charge in [0.1, 0.15) is 12.0 Å². The van der Waals surface area contributed by atoms with Crippen molar-refractivity contribution in [2.45, 2.75) is 44.4 Å². The highest BCUT2D eigenvalue weighted by atomic mass is 79.9. The third kappa shape index (κ3) is 4.92. The standard InChI is InChI=1S/C17H26BrNO2S/c1-5-7-8-17(6-2,11-20)12-22-16-10-15(21-4)13(18)9-14(16)19-3/h9-11,19H,5-8,12H2,1-4H3. The molecule has 5 heteroatoms. The Bertz CT molecular complexity index is 496. The zero-order valence-corrected chi connectivity index (χ0v) is 16.3. The molecule has 22 heavy (non-hydrogen) atoms. The summed E-state index contributed by atoms with van der Waals surface area (Å²) in [5.74, 6) is 1.61. The summed E-state index contributed by atoms with van der Waals surface area (Å²) in [5, 5.41) is 3.21. The lowest BCUT2D eigenvalue weighted by molar-refractivity contribution is -0.115. The number of ether oxygens (including phenoxy) is 1. The highest BCUT2D eigenvalue weighted by Gasteiger charge is 2.27. The van der Waals surface area contributed by atoms with Crippen LogP contribution in [-0.2, 0) is 4.79 Å². The van der Waals surface area contributed by atoms with E-state index in [0.29, 0.717) is 0 Å². The molecule has 124 valence electrons. The number of aldehydes is 1. The molecule has 0 aliphatic carbocycles. The van der Waals surface area contributed by atoms with Crippen LogP contribution in [0.1, 0.15) is 39.5 Å². The Morgan fingerprint density at radius 3 is 2.64 bits per heavy atom. The summed E-state index contributed by atoms with van der Waals surface area (Å²) in [6.45, 7) is 4.27. The van der Waals surface area contributed by atoms with Gasteiger partial charge in [-0.05, 0) is 40.9 Å². The monoisotopic (exact) mass is 387 g/mol. The fourth-order valence-corrected chi connectivity index (χ4v) is 4.16. The normalized spacial score (nSPS) is 13.5. The van der Waals surface area contributed by atoms with Crippen LogP contribution in [0.3, 0.4) is 0 Å². The minimum absolute atomic E-state index is 0.230. The predicted octanol–water partition coefficient (Wildman–Crippen LogP) is 5.38. The molecule has 1 rings (SSSR count). The Kier molecular flexibility index (Phi) is 8.33. The molecule has 1 aromatic rings. The Morgan fingerprint density at radius 1 is 1.41 bits per heavy atom. The van der Waals surface area contributed by atoms with E-state index in [1.807, 2.05) is 19.2 Å². The molecular formula is C17H26BrNO2S. The summed E-state index contributed by atoms with van der Waals surface area (Å²) in [6.07, 6.45) is 5.21. The number of carbonyl (C=O) groups excluding carboxylic acids is 1. The molecule has 3 nitrogen and oxygen atoms in total. The van der Waals surface area contributed by atoms with Gasteiger partial charge in [0, 0.05) is 28.8 Å². The second-order valence-corrected chi connectivity index (χ2v) is 7.33. The summed E-state index contributed by atoms with van der Waals surface area (Å²) in [6, 6.07) is 4.04. The number of benzene rings is 1. The van der Waals surface area contributed by atoms with E-state index < -0.39 is 0 Å². The molecule has 0 saturated carbocycles. The summed E-state index contributed by atoms with van der Waals surface area (Å²) in [5.41, 5.74) is 0.815. The van der Waals surface area contributed by atoms with Gasteiger partial charge in [-0.2, -0.15) is 0 Å². The van der Waals surface area contributed by atoms with E-state index in [4.69, 9.17) is 4.74 Å². The number of anilines is 1. The summed E-state index contributed by atoms with van der Waals surface area (Å²) < 4.78 is 6.30. The van der Waals surface area contributed by atoms with Gasteiger partial charge in [0.2, 0.25) is 0 Å². The average molecular weight is 388 g/mol. The van der Waals surface area contributed by atoms with Crippen LogP contribution < -0.4 is 10.1 Å². The highest BCUT2D eigenvalue weighted by molar-refractivity contribution is 9.10. The van der Waals surface area contributed by atoms with Crippen molar-refractivity contribution in [2.75, 3.05) is 25.2 Å². The largest absolute Gasteiger partial charge is 0.496 e. The second kappa shape index (κ2) is 9.46. The Morgan fingerprint density at radius 2 is 2.14 bits per heavy atom. The first-order valence-electron chi connectivity index (χ1n) is 7.70. The molecule has 0 aliphatic heterocycles. The Balaban J connectivity index is 2.95. The molecule has 0 spiro atoms. The van der Waals surface area contributed by atoms with Crippen molar-refractivity contribution < 1.29 is 9.53 Å². The van der Waals surface area contributed by atoms with Crippen molar-refractivity contribution in [1.82, 2.24) is 0 Å². The first-order valence-corrected chi connectivity index (χ1v) is 9.48. The van der Waals surface area contributed by atoms with Crippen molar-refractivity contribution in [3.05, 3.63) is 16.6 Å². The summed E-state index contributed by atoms with van der Waals surface area (Å²) in [4.78, 5) is 12.8. The van der Waals surface area contributed by atoms with Gasteiger partial charge in [-0.1, -0.05) is 26.7 Å². The molecule has 1 atom stereocenters. The maximum absolute atomic E-state index is 11.7. The number of nitrogens with one attached hydrogen (secondary N) is 1. The summed E-state index contributed by atoms with van der Waals surface area (Å²) >= 11 is 5.23. The highest BCUT2D eigenvalue weighted by Crippen LogP contribution is 2.40. The molecule has 1 N–H and O–H groups in total. The zero-order chi connectivity index (χ0) is 16.6. The molecule has 0 fully saturated rings. The van der Waals surface area contributed by atoms with Crippen LogP contribution in [0.15, 0.2) is 21.5 Å². The van der Waals surface area contributed by atoms with Crippen LogP contribution in [-0.4, -0.2) is 26.2 Å². The van der Waals surface area contributed by atoms with Gasteiger partial charge in [-0.25, -0.2) is 0 Å². The van der Waals surface area contributed by atoms with Gasteiger partial charge in [-0.3, -0.25) is 0 Å². The second-order valence-electron chi connectivity index (χ2n) is 5.46. The van der Waals surface area contributed by atoms with Crippen molar-refractivity contribution in [2.24, 2.45) is 5.41 Å². The molecule has 1 aromatic carbocycles. The van der Waals surface area contributed by atoms with E-state index in [2.05, 4.69) is 35.1 Å². The SMILES string of the molecule is CCCCC(C=O)(CC)CSc1cc(OC)c(Br)cc1NC. The number of methoxy groups -OCH3 is 1. The van der Waals surface area contributed by atoms with E-state index >= 15 is 0 Å². The van der Waals surface area contributed by atoms with Crippen molar-refractivity contribution in [1.29, 1.82) is 0 Å². The van der Waals surface area contributed by atoms with Gasteiger partial charge in [0.05, 0.1) is 11.6 Å². The van der Waals surface area contributed by atoms with Gasteiger partial charge in [-0.15, -0.1) is 11.8 Å². The number of thioether (sulfide) groups is 1. The number of hydrogen-bond acceptors (Lipinski definition) is 4.